The minimum Gasteiger partial charge on any atom is -0.456 e. The largest absolute Gasteiger partial charge is 0.456 e. The van der Waals surface area contributed by atoms with Gasteiger partial charge in [-0.1, -0.05) is 146 Å². The first-order valence-corrected chi connectivity index (χ1v) is 20.8. The molecule has 0 spiro atoms. The summed E-state index contributed by atoms with van der Waals surface area (Å²) in [5.74, 6) is 1.79. The monoisotopic (exact) mass is 784 g/mol. The Morgan fingerprint density at radius 2 is 0.883 bits per heavy atom. The lowest BCUT2D eigenvalue weighted by atomic mass is 9.96. The van der Waals surface area contributed by atoms with Gasteiger partial charge in [-0.3, -0.25) is 0 Å². The lowest BCUT2D eigenvalue weighted by molar-refractivity contribution is 0.669. The third kappa shape index (κ3) is 5.84. The molecule has 0 fully saturated rings. The van der Waals surface area contributed by atoms with Gasteiger partial charge in [0.1, 0.15) is 11.2 Å². The van der Waals surface area contributed by atoms with E-state index in [-0.39, 0.29) is 0 Å². The molecule has 12 rings (SSSR count). The van der Waals surface area contributed by atoms with Gasteiger partial charge in [-0.05, 0) is 70.8 Å². The molecule has 0 radical (unpaired) electrons. The van der Waals surface area contributed by atoms with Gasteiger partial charge in [0.05, 0.1) is 15.9 Å². The molecule has 8 aromatic carbocycles. The van der Waals surface area contributed by atoms with Gasteiger partial charge in [0.15, 0.2) is 17.5 Å². The normalized spacial score (nSPS) is 11.7. The maximum absolute atomic E-state index is 6.15. The summed E-state index contributed by atoms with van der Waals surface area (Å²) in [6.45, 7) is 0. The second-order valence-corrected chi connectivity index (χ2v) is 16.1. The quantitative estimate of drug-likeness (QED) is 0.168. The average Bonchev–Trinajstić information content (AvgIpc) is 3.90. The number of pyridine rings is 1. The number of fused-ring (bicyclic) bond motifs is 8. The zero-order valence-electron chi connectivity index (χ0n) is 32.1. The van der Waals surface area contributed by atoms with E-state index in [1.54, 1.807) is 11.3 Å². The van der Waals surface area contributed by atoms with Crippen LogP contribution < -0.4 is 0 Å². The molecule has 0 aliphatic carbocycles. The lowest BCUT2D eigenvalue weighted by Gasteiger charge is -2.12. The highest BCUT2D eigenvalue weighted by molar-refractivity contribution is 7.26. The number of thiophene rings is 1. The van der Waals surface area contributed by atoms with E-state index in [2.05, 4.69) is 133 Å². The Hall–Kier alpha value is -7.80. The van der Waals surface area contributed by atoms with Crippen molar-refractivity contribution in [1.29, 1.82) is 0 Å². The van der Waals surface area contributed by atoms with Crippen LogP contribution in [0.5, 0.6) is 0 Å². The lowest BCUT2D eigenvalue weighted by Crippen LogP contribution is -2.00. The molecule has 0 saturated heterocycles. The highest BCUT2D eigenvalue weighted by Gasteiger charge is 2.19. The molecule has 0 aliphatic rings. The minimum absolute atomic E-state index is 0.590. The molecule has 5 nitrogen and oxygen atoms in total. The number of nitrogens with zero attached hydrogens (tertiary/aromatic N) is 4. The molecule has 0 N–H and O–H groups in total. The van der Waals surface area contributed by atoms with E-state index in [9.17, 15) is 0 Å². The Bertz CT molecular complexity index is 3610. The van der Waals surface area contributed by atoms with Crippen molar-refractivity contribution in [3.63, 3.8) is 0 Å². The Labute approximate surface area is 348 Å². The summed E-state index contributed by atoms with van der Waals surface area (Å²) < 4.78 is 8.54. The topological polar surface area (TPSA) is 64.7 Å². The van der Waals surface area contributed by atoms with E-state index in [1.807, 2.05) is 60.7 Å². The Kier molecular flexibility index (Phi) is 7.96. The van der Waals surface area contributed by atoms with Crippen molar-refractivity contribution in [2.24, 2.45) is 0 Å². The van der Waals surface area contributed by atoms with Gasteiger partial charge in [0.2, 0.25) is 0 Å². The summed E-state index contributed by atoms with van der Waals surface area (Å²) in [6, 6.07) is 67.5. The van der Waals surface area contributed by atoms with Crippen LogP contribution >= 0.6 is 11.3 Å². The highest BCUT2D eigenvalue weighted by atomic mass is 32.1. The first-order chi connectivity index (χ1) is 29.7. The summed E-state index contributed by atoms with van der Waals surface area (Å²) in [5.41, 5.74) is 11.9. The Morgan fingerprint density at radius 1 is 0.333 bits per heavy atom. The predicted molar refractivity (Wildman–Crippen MR) is 248 cm³/mol. The second kappa shape index (κ2) is 13.9. The Morgan fingerprint density at radius 3 is 1.68 bits per heavy atom. The molecule has 60 heavy (non-hydrogen) atoms. The number of rotatable bonds is 6. The van der Waals surface area contributed by atoms with Crippen LogP contribution in [0.2, 0.25) is 0 Å². The third-order valence-corrected chi connectivity index (χ3v) is 12.5. The fraction of sp³-hybridized carbons (Fsp3) is 0. The molecule has 0 saturated carbocycles. The van der Waals surface area contributed by atoms with Crippen molar-refractivity contribution in [3.05, 3.63) is 194 Å². The minimum atomic E-state index is 0.590. The number of para-hydroxylation sites is 1. The van der Waals surface area contributed by atoms with Crippen LogP contribution in [-0.2, 0) is 0 Å². The van der Waals surface area contributed by atoms with E-state index >= 15 is 0 Å². The van der Waals surface area contributed by atoms with Gasteiger partial charge in [-0.2, -0.15) is 0 Å². The van der Waals surface area contributed by atoms with Crippen LogP contribution in [-0.4, -0.2) is 19.9 Å². The molecule has 0 amide bonds. The SMILES string of the molecule is c1ccc(-c2cccc(-c3ccc4c(c3)nc(-c3cccc(-c5nc(-c6ccccc6)nc(-c6ccc7oc8ccccc8c7c6)n5)c3)c3sc5ccccc5c34)c2)cc1. The predicted octanol–water partition coefficient (Wildman–Crippen LogP) is 14.7. The van der Waals surface area contributed by atoms with Crippen molar-refractivity contribution >= 4 is 64.4 Å². The van der Waals surface area contributed by atoms with E-state index in [0.29, 0.717) is 17.5 Å². The van der Waals surface area contributed by atoms with Crippen LogP contribution in [0, 0.1) is 0 Å². The Balaban J connectivity index is 1.03. The molecule has 0 atom stereocenters. The standard InChI is InChI=1S/C54H32N4OS/c1-3-13-33(14-4-1)35-17-11-18-36(29-35)37-25-27-42-45(32-37)55-50(51-49(42)43-22-8-10-24-48(43)60-51)38-19-12-20-39(30-38)53-56-52(34-15-5-2-6-16-34)57-54(58-53)40-26-28-47-44(31-40)41-21-7-9-23-46(41)59-47/h1-32H. The smallest absolute Gasteiger partial charge is 0.164 e. The molecule has 12 aromatic rings. The summed E-state index contributed by atoms with van der Waals surface area (Å²) >= 11 is 1.79. The van der Waals surface area contributed by atoms with Gasteiger partial charge in [0.25, 0.3) is 0 Å². The maximum atomic E-state index is 6.15. The zero-order valence-corrected chi connectivity index (χ0v) is 32.9. The molecule has 0 aliphatic heterocycles. The number of aromatic nitrogens is 4. The van der Waals surface area contributed by atoms with Gasteiger partial charge in [0, 0.05) is 53.9 Å². The second-order valence-electron chi connectivity index (χ2n) is 15.0. The van der Waals surface area contributed by atoms with Gasteiger partial charge in [-0.25, -0.2) is 19.9 Å². The summed E-state index contributed by atoms with van der Waals surface area (Å²) in [6.07, 6.45) is 0. The fourth-order valence-corrected chi connectivity index (χ4v) is 9.62. The number of furan rings is 1. The van der Waals surface area contributed by atoms with Crippen LogP contribution in [0.15, 0.2) is 199 Å². The van der Waals surface area contributed by atoms with E-state index in [4.69, 9.17) is 24.4 Å². The van der Waals surface area contributed by atoms with Crippen molar-refractivity contribution in [2.45, 2.75) is 0 Å². The van der Waals surface area contributed by atoms with Crippen LogP contribution in [0.1, 0.15) is 0 Å². The van der Waals surface area contributed by atoms with E-state index < -0.39 is 0 Å². The number of hydrogen-bond donors (Lipinski definition) is 0. The average molecular weight is 785 g/mol. The molecule has 6 heteroatoms. The summed E-state index contributed by atoms with van der Waals surface area (Å²) in [4.78, 5) is 20.8. The van der Waals surface area contributed by atoms with Crippen molar-refractivity contribution < 1.29 is 4.42 Å². The molecular formula is C54H32N4OS. The fourth-order valence-electron chi connectivity index (χ4n) is 8.39. The van der Waals surface area contributed by atoms with Gasteiger partial charge >= 0.3 is 0 Å². The summed E-state index contributed by atoms with van der Waals surface area (Å²) in [5, 5.41) is 5.68. The van der Waals surface area contributed by atoms with Crippen LogP contribution in [0.4, 0.5) is 0 Å². The number of hydrogen-bond acceptors (Lipinski definition) is 6. The third-order valence-electron chi connectivity index (χ3n) is 11.3. The zero-order chi connectivity index (χ0) is 39.6. The van der Waals surface area contributed by atoms with Crippen molar-refractivity contribution in [2.75, 3.05) is 0 Å². The van der Waals surface area contributed by atoms with Crippen LogP contribution in [0.25, 0.3) is 121 Å². The maximum Gasteiger partial charge on any atom is 0.164 e. The molecular weight excluding hydrogens is 753 g/mol. The van der Waals surface area contributed by atoms with Gasteiger partial charge < -0.3 is 4.42 Å². The number of benzene rings is 8. The molecule has 0 bridgehead atoms. The van der Waals surface area contributed by atoms with Crippen molar-refractivity contribution in [1.82, 2.24) is 19.9 Å². The van der Waals surface area contributed by atoms with E-state index in [1.165, 1.54) is 26.6 Å². The first-order valence-electron chi connectivity index (χ1n) is 20.0. The summed E-state index contributed by atoms with van der Waals surface area (Å²) in [7, 11) is 0. The van der Waals surface area contributed by atoms with E-state index in [0.717, 1.165) is 76.6 Å². The molecule has 4 heterocycles. The first kappa shape index (κ1) is 34.3. The van der Waals surface area contributed by atoms with Crippen molar-refractivity contribution in [3.8, 4) is 67.7 Å². The highest BCUT2D eigenvalue weighted by Crippen LogP contribution is 2.44. The molecule has 0 unspecified atom stereocenters. The van der Waals surface area contributed by atoms with Crippen LogP contribution in [0.3, 0.4) is 0 Å². The molecule has 280 valence electrons. The van der Waals surface area contributed by atoms with Gasteiger partial charge in [-0.15, -0.1) is 11.3 Å². The molecule has 4 aromatic heterocycles.